The van der Waals surface area contributed by atoms with Crippen molar-refractivity contribution >= 4 is 29.8 Å². The average molecular weight is 1530 g/mol. The van der Waals surface area contributed by atoms with E-state index >= 15 is 0 Å². The number of benzene rings is 10. The topological polar surface area (TPSA) is 365 Å². The van der Waals surface area contributed by atoms with Crippen LogP contribution in [0.2, 0.25) is 0 Å². The molecule has 0 radical (unpaired) electrons. The molecule has 10 aromatic rings. The molecule has 5 aliphatic rings. The summed E-state index contributed by atoms with van der Waals surface area (Å²) in [6.45, 7) is 0. The number of esters is 5. The molecule has 15 rings (SSSR count). The average Bonchev–Trinajstić information content (AvgIpc) is 0.789. The van der Waals surface area contributed by atoms with Crippen LogP contribution in [0, 0.1) is 0 Å². The number of ether oxygens (including phenoxy) is 15. The molecule has 582 valence electrons. The Morgan fingerprint density at radius 3 is 0.893 bits per heavy atom. The third-order valence-electron chi connectivity index (χ3n) is 19.0. The van der Waals surface area contributed by atoms with Gasteiger partial charge in [0.05, 0.1) is 103 Å². The monoisotopic (exact) mass is 1530 g/mol. The van der Waals surface area contributed by atoms with Crippen LogP contribution in [-0.2, 0) is 24.0 Å². The Balaban J connectivity index is 0.000000139. The molecule has 27 heteroatoms. The lowest BCUT2D eigenvalue weighted by atomic mass is 9.85. The molecule has 27 nitrogen and oxygen atoms in total. The SMILES string of the molecule is COc1cc(C2CC(=O)Oc3cc(O)cc(OC)c32)cc(OC)c1OC.COc1cc(O)cc2c1[C@@H](c1ccc(O)cc1)CC(=O)O2.COc1cc(OC)c2c(c1)OC(=O)C[C@@H]2c1ccc(O)cc1.COc1cc(OC)c2c(c1)OC(=O)C[C@H]2c1ccc(O)cc1.COc1ccc(C2CC(=O)Oc3cc(O)ccc32)cc1O. The Hall–Kier alpha value is -13.9. The third kappa shape index (κ3) is 17.6. The maximum absolute atomic E-state index is 12.1. The number of phenols is 7. The van der Waals surface area contributed by atoms with Gasteiger partial charge in [0.25, 0.3) is 0 Å². The van der Waals surface area contributed by atoms with Crippen LogP contribution < -0.4 is 71.1 Å². The Bertz CT molecular complexity index is 4980. The van der Waals surface area contributed by atoms with Crippen LogP contribution in [0.15, 0.2) is 170 Å². The van der Waals surface area contributed by atoms with Gasteiger partial charge in [-0.05, 0) is 94.5 Å². The lowest BCUT2D eigenvalue weighted by Crippen LogP contribution is -2.21. The van der Waals surface area contributed by atoms with Gasteiger partial charge in [-0.1, -0.05) is 48.5 Å². The van der Waals surface area contributed by atoms with E-state index in [1.807, 2.05) is 0 Å². The molecule has 10 aromatic carbocycles. The van der Waals surface area contributed by atoms with E-state index in [-0.39, 0.29) is 132 Å². The minimum Gasteiger partial charge on any atom is -0.508 e. The normalized spacial score (nSPS) is 16.6. The molecule has 5 aliphatic heterocycles. The number of methoxy groups -OCH3 is 10. The van der Waals surface area contributed by atoms with Gasteiger partial charge in [-0.3, -0.25) is 24.0 Å². The first-order valence-electron chi connectivity index (χ1n) is 34.7. The predicted octanol–water partition coefficient (Wildman–Crippen LogP) is 13.7. The highest BCUT2D eigenvalue weighted by atomic mass is 16.6. The van der Waals surface area contributed by atoms with E-state index in [1.165, 1.54) is 73.0 Å². The molecule has 5 heterocycles. The Labute approximate surface area is 642 Å². The third-order valence-corrected chi connectivity index (χ3v) is 19.0. The summed E-state index contributed by atoms with van der Waals surface area (Å²) in [6.07, 6.45) is 0.927. The van der Waals surface area contributed by atoms with E-state index in [4.69, 9.17) is 71.1 Å². The molecule has 0 bridgehead atoms. The van der Waals surface area contributed by atoms with Gasteiger partial charge in [0.2, 0.25) is 5.75 Å². The van der Waals surface area contributed by atoms with Gasteiger partial charge in [0, 0.05) is 112 Å². The number of hydrogen-bond acceptors (Lipinski definition) is 27. The van der Waals surface area contributed by atoms with Gasteiger partial charge in [-0.15, -0.1) is 0 Å². The second-order valence-electron chi connectivity index (χ2n) is 25.6. The van der Waals surface area contributed by atoms with E-state index < -0.39 is 5.97 Å². The maximum atomic E-state index is 12.1. The first-order valence-corrected chi connectivity index (χ1v) is 34.7. The Morgan fingerprint density at radius 1 is 0.250 bits per heavy atom. The van der Waals surface area contributed by atoms with Gasteiger partial charge in [-0.25, -0.2) is 0 Å². The first kappa shape index (κ1) is 79.2. The summed E-state index contributed by atoms with van der Waals surface area (Å²) in [5.41, 5.74) is 8.10. The highest BCUT2D eigenvalue weighted by Crippen LogP contribution is 2.53. The molecule has 2 unspecified atom stereocenters. The Morgan fingerprint density at radius 2 is 0.554 bits per heavy atom. The summed E-state index contributed by atoms with van der Waals surface area (Å²) in [7, 11) is 15.3. The van der Waals surface area contributed by atoms with Crippen LogP contribution in [0.4, 0.5) is 0 Å². The van der Waals surface area contributed by atoms with E-state index in [9.17, 15) is 59.7 Å². The van der Waals surface area contributed by atoms with Gasteiger partial charge in [0.1, 0.15) is 97.7 Å². The van der Waals surface area contributed by atoms with E-state index in [0.29, 0.717) is 86.1 Å². The Kier molecular flexibility index (Phi) is 24.8. The summed E-state index contributed by atoms with van der Waals surface area (Å²) in [6, 6.07) is 46.3. The van der Waals surface area contributed by atoms with Crippen molar-refractivity contribution in [2.75, 3.05) is 71.1 Å². The smallest absolute Gasteiger partial charge is 0.312 e. The van der Waals surface area contributed by atoms with E-state index in [2.05, 4.69) is 0 Å². The summed E-state index contributed by atoms with van der Waals surface area (Å²) >= 11 is 0. The van der Waals surface area contributed by atoms with Crippen molar-refractivity contribution in [3.05, 3.63) is 225 Å². The fourth-order valence-electron chi connectivity index (χ4n) is 13.8. The van der Waals surface area contributed by atoms with E-state index in [0.717, 1.165) is 50.1 Å². The molecule has 0 aliphatic carbocycles. The highest BCUT2D eigenvalue weighted by molar-refractivity contribution is 5.83. The lowest BCUT2D eigenvalue weighted by molar-refractivity contribution is -0.136. The largest absolute Gasteiger partial charge is 0.508 e. The summed E-state index contributed by atoms with van der Waals surface area (Å²) < 4.78 is 79.5. The van der Waals surface area contributed by atoms with Gasteiger partial charge < -0.3 is 107 Å². The highest BCUT2D eigenvalue weighted by Gasteiger charge is 2.38. The molecule has 0 saturated carbocycles. The van der Waals surface area contributed by atoms with Crippen LogP contribution in [0.25, 0.3) is 0 Å². The fraction of sp³-hybridized carbons (Fsp3) is 0.235. The number of rotatable bonds is 15. The number of carbonyl (C=O) groups excluding carboxylic acids is 5. The van der Waals surface area contributed by atoms with Crippen LogP contribution in [0.3, 0.4) is 0 Å². The second-order valence-corrected chi connectivity index (χ2v) is 25.6. The van der Waals surface area contributed by atoms with Crippen molar-refractivity contribution in [2.45, 2.75) is 61.7 Å². The zero-order valence-electron chi connectivity index (χ0n) is 62.4. The zero-order chi connectivity index (χ0) is 80.2. The van der Waals surface area contributed by atoms with Gasteiger partial charge >= 0.3 is 29.8 Å². The molecule has 7 N–H and O–H groups in total. The molecule has 0 amide bonds. The van der Waals surface area contributed by atoms with Crippen LogP contribution >= 0.6 is 0 Å². The molecular formula is C85H80O27. The number of phenolic OH excluding ortho intramolecular Hbond substituents is 7. The van der Waals surface area contributed by atoms with Gasteiger partial charge in [0.15, 0.2) is 23.0 Å². The van der Waals surface area contributed by atoms with E-state index in [1.54, 1.807) is 168 Å². The van der Waals surface area contributed by atoms with Crippen LogP contribution in [-0.4, -0.2) is 137 Å². The van der Waals surface area contributed by atoms with Crippen molar-refractivity contribution < 1.29 is 131 Å². The fourth-order valence-corrected chi connectivity index (χ4v) is 13.8. The van der Waals surface area contributed by atoms with Crippen LogP contribution in [0.5, 0.6) is 126 Å². The number of carbonyl (C=O) groups is 5. The molecule has 5 atom stereocenters. The second kappa shape index (κ2) is 35.0. The molecular weight excluding hydrogens is 1450 g/mol. The summed E-state index contributed by atoms with van der Waals surface area (Å²) in [5.74, 6) is 4.51. The minimum absolute atomic E-state index is 0.0225. The molecule has 0 spiro atoms. The molecule has 0 aromatic heterocycles. The predicted molar refractivity (Wildman–Crippen MR) is 402 cm³/mol. The molecule has 0 fully saturated rings. The number of fused-ring (bicyclic) bond motifs is 5. The summed E-state index contributed by atoms with van der Waals surface area (Å²) in [4.78, 5) is 59.5. The van der Waals surface area contributed by atoms with Crippen molar-refractivity contribution in [3.8, 4) is 126 Å². The first-order chi connectivity index (χ1) is 53.9. The van der Waals surface area contributed by atoms with Crippen molar-refractivity contribution in [1.29, 1.82) is 0 Å². The summed E-state index contributed by atoms with van der Waals surface area (Å²) in [5, 5.41) is 67.2. The van der Waals surface area contributed by atoms with Crippen molar-refractivity contribution in [2.24, 2.45) is 0 Å². The molecule has 112 heavy (non-hydrogen) atoms. The maximum Gasteiger partial charge on any atom is 0.312 e. The zero-order valence-corrected chi connectivity index (χ0v) is 62.4. The van der Waals surface area contributed by atoms with Crippen LogP contribution in [0.1, 0.15) is 117 Å². The molecule has 0 saturated heterocycles. The lowest BCUT2D eigenvalue weighted by Gasteiger charge is -2.27. The standard InChI is InChI=1S/C19H20O7.2C17H16O5.2C16H14O5/c1-22-13-7-11(20)8-14-18(13)12(9-17(21)26-14)10-5-15(23-2)19(25-4)16(6-10)24-3;2*1-20-12-7-14(21-2)17-13(9-16(19)22-15(17)8-12)10-3-5-11(18)6-4-10;1-20-14-5-2-9(6-13(14)18)12-8-16(19)21-15-7-10(17)3-4-11(12)15;1-20-13-6-11(18)7-14-16(13)12(8-15(19)21-14)9-2-4-10(17)5-3-9/h5-8,12,20H,9H2,1-4H3;2*3-8,13,18H,9H2,1-2H3;2*2-7,12,17-18H,8H2,1H3/t;2*13-;;12-/m.10.1/s1. The number of hydrogen-bond donors (Lipinski definition) is 7. The van der Waals surface area contributed by atoms with Crippen molar-refractivity contribution in [3.63, 3.8) is 0 Å². The van der Waals surface area contributed by atoms with Gasteiger partial charge in [-0.2, -0.15) is 0 Å². The van der Waals surface area contributed by atoms with Crippen molar-refractivity contribution in [1.82, 2.24) is 0 Å². The quantitative estimate of drug-likeness (QED) is 0.0370. The minimum atomic E-state index is -0.399. The number of aromatic hydroxyl groups is 7.